The second kappa shape index (κ2) is 4.56. The summed E-state index contributed by atoms with van der Waals surface area (Å²) in [5.41, 5.74) is 7.90. The summed E-state index contributed by atoms with van der Waals surface area (Å²) < 4.78 is 29.4. The van der Waals surface area contributed by atoms with Gasteiger partial charge in [-0.15, -0.1) is 0 Å². The Morgan fingerprint density at radius 3 is 2.65 bits per heavy atom. The molecule has 2 N–H and O–H groups in total. The molecule has 0 aliphatic carbocycles. The molecule has 0 saturated heterocycles. The Kier molecular flexibility index (Phi) is 2.97. The smallest absolute Gasteiger partial charge is 0.206 e. The summed E-state index contributed by atoms with van der Waals surface area (Å²) in [7, 11) is 0. The first-order valence-corrected chi connectivity index (χ1v) is 6.66. The van der Waals surface area contributed by atoms with Gasteiger partial charge in [-0.1, -0.05) is 6.07 Å². The number of aromatic nitrogens is 2. The summed E-state index contributed by atoms with van der Waals surface area (Å²) in [6, 6.07) is 7.46. The highest BCUT2D eigenvalue weighted by Gasteiger charge is 2.15. The molecule has 3 aromatic rings. The van der Waals surface area contributed by atoms with Crippen molar-refractivity contribution < 1.29 is 8.78 Å². The molecule has 20 heavy (non-hydrogen) atoms. The third kappa shape index (κ3) is 1.96. The monoisotopic (exact) mass is 337 g/mol. The van der Waals surface area contributed by atoms with Crippen molar-refractivity contribution in [2.45, 2.75) is 6.92 Å². The minimum absolute atomic E-state index is 0.113. The van der Waals surface area contributed by atoms with E-state index in [0.717, 1.165) is 5.56 Å². The van der Waals surface area contributed by atoms with E-state index in [2.05, 4.69) is 20.9 Å². The summed E-state index contributed by atoms with van der Waals surface area (Å²) in [5, 5.41) is 0. The molecule has 3 rings (SSSR count). The summed E-state index contributed by atoms with van der Waals surface area (Å²) in [4.78, 5) is 4.14. The normalized spacial score (nSPS) is 11.2. The van der Waals surface area contributed by atoms with Crippen LogP contribution in [0.3, 0.4) is 0 Å². The molecule has 1 heterocycles. The van der Waals surface area contributed by atoms with Crippen LogP contribution in [0.15, 0.2) is 34.8 Å². The Morgan fingerprint density at radius 2 is 1.90 bits per heavy atom. The molecule has 1 aromatic heterocycles. The maximum Gasteiger partial charge on any atom is 0.206 e. The third-order valence-corrected chi connectivity index (χ3v) is 3.67. The zero-order chi connectivity index (χ0) is 14.4. The van der Waals surface area contributed by atoms with E-state index in [0.29, 0.717) is 15.5 Å². The van der Waals surface area contributed by atoms with Crippen LogP contribution in [0.2, 0.25) is 0 Å². The molecular formula is C14H10BrF2N3. The number of rotatable bonds is 1. The second-order valence-electron chi connectivity index (χ2n) is 4.52. The summed E-state index contributed by atoms with van der Waals surface area (Å²) in [6.07, 6.45) is 0. The third-order valence-electron chi connectivity index (χ3n) is 3.07. The fraction of sp³-hybridized carbons (Fsp3) is 0.0714. The zero-order valence-corrected chi connectivity index (χ0v) is 12.1. The Hall–Kier alpha value is -1.95. The lowest BCUT2D eigenvalue weighted by Gasteiger charge is -2.09. The zero-order valence-electron chi connectivity index (χ0n) is 10.5. The number of hydrogen-bond acceptors (Lipinski definition) is 2. The van der Waals surface area contributed by atoms with Gasteiger partial charge in [-0.05, 0) is 46.6 Å². The summed E-state index contributed by atoms with van der Waals surface area (Å²) in [6.45, 7) is 1.84. The number of fused-ring (bicyclic) bond motifs is 1. The number of nitrogen functional groups attached to an aromatic ring is 1. The maximum absolute atomic E-state index is 14.0. The topological polar surface area (TPSA) is 43.8 Å². The minimum atomic E-state index is -0.452. The Morgan fingerprint density at radius 1 is 1.15 bits per heavy atom. The van der Waals surface area contributed by atoms with Crippen LogP contribution >= 0.6 is 15.9 Å². The van der Waals surface area contributed by atoms with Gasteiger partial charge in [0.1, 0.15) is 11.6 Å². The first-order valence-electron chi connectivity index (χ1n) is 5.87. The molecule has 0 radical (unpaired) electrons. The van der Waals surface area contributed by atoms with Crippen LogP contribution in [0, 0.1) is 18.6 Å². The van der Waals surface area contributed by atoms with E-state index >= 15 is 0 Å². The van der Waals surface area contributed by atoms with Crippen molar-refractivity contribution in [3.05, 3.63) is 52.0 Å². The quantitative estimate of drug-likeness (QED) is 0.730. The van der Waals surface area contributed by atoms with Gasteiger partial charge in [-0.2, -0.15) is 0 Å². The molecule has 0 spiro atoms. The number of benzene rings is 2. The highest BCUT2D eigenvalue weighted by molar-refractivity contribution is 9.10. The number of nitrogens with two attached hydrogens (primary N) is 1. The average molecular weight is 338 g/mol. The van der Waals surface area contributed by atoms with Crippen molar-refractivity contribution in [2.24, 2.45) is 0 Å². The number of anilines is 1. The molecule has 0 aliphatic heterocycles. The van der Waals surface area contributed by atoms with Gasteiger partial charge in [0.05, 0.1) is 21.2 Å². The fourth-order valence-electron chi connectivity index (χ4n) is 2.14. The van der Waals surface area contributed by atoms with Crippen LogP contribution < -0.4 is 5.73 Å². The molecule has 6 heteroatoms. The molecule has 0 saturated carbocycles. The van der Waals surface area contributed by atoms with Crippen LogP contribution in [0.4, 0.5) is 14.7 Å². The van der Waals surface area contributed by atoms with E-state index in [9.17, 15) is 8.78 Å². The van der Waals surface area contributed by atoms with E-state index in [1.807, 2.05) is 6.92 Å². The van der Waals surface area contributed by atoms with Gasteiger partial charge in [0.2, 0.25) is 5.95 Å². The first kappa shape index (κ1) is 13.1. The van der Waals surface area contributed by atoms with Crippen LogP contribution in [0.1, 0.15) is 5.56 Å². The molecule has 0 unspecified atom stereocenters. The average Bonchev–Trinajstić information content (AvgIpc) is 2.69. The largest absolute Gasteiger partial charge is 0.369 e. The molecule has 0 bridgehead atoms. The molecule has 102 valence electrons. The van der Waals surface area contributed by atoms with E-state index in [1.165, 1.54) is 22.8 Å². The van der Waals surface area contributed by atoms with Crippen molar-refractivity contribution in [3.8, 4) is 5.69 Å². The van der Waals surface area contributed by atoms with Crippen LogP contribution in [-0.4, -0.2) is 9.55 Å². The van der Waals surface area contributed by atoms with Gasteiger partial charge >= 0.3 is 0 Å². The summed E-state index contributed by atoms with van der Waals surface area (Å²) >= 11 is 3.09. The molecule has 0 amide bonds. The lowest BCUT2D eigenvalue weighted by Crippen LogP contribution is -2.03. The van der Waals surface area contributed by atoms with Gasteiger partial charge in [-0.3, -0.25) is 4.57 Å². The second-order valence-corrected chi connectivity index (χ2v) is 5.37. The van der Waals surface area contributed by atoms with Crippen molar-refractivity contribution in [1.29, 1.82) is 0 Å². The van der Waals surface area contributed by atoms with Gasteiger partial charge in [0.15, 0.2) is 0 Å². The SMILES string of the molecule is Cc1ccc(F)c(-n2c(N)nc3cc(Br)c(F)cc32)c1. The van der Waals surface area contributed by atoms with E-state index in [-0.39, 0.29) is 11.6 Å². The molecule has 0 aliphatic rings. The first-order chi connectivity index (χ1) is 9.47. The van der Waals surface area contributed by atoms with Crippen molar-refractivity contribution >= 4 is 32.9 Å². The molecule has 0 atom stereocenters. The summed E-state index contributed by atoms with van der Waals surface area (Å²) in [5.74, 6) is -0.779. The van der Waals surface area contributed by atoms with Crippen LogP contribution in [0.5, 0.6) is 0 Å². The van der Waals surface area contributed by atoms with E-state index in [1.54, 1.807) is 12.1 Å². The number of hydrogen-bond donors (Lipinski definition) is 1. The molecule has 3 nitrogen and oxygen atoms in total. The minimum Gasteiger partial charge on any atom is -0.369 e. The highest BCUT2D eigenvalue weighted by Crippen LogP contribution is 2.29. The van der Waals surface area contributed by atoms with E-state index < -0.39 is 11.6 Å². The maximum atomic E-state index is 14.0. The van der Waals surface area contributed by atoms with Gasteiger partial charge < -0.3 is 5.73 Å². The van der Waals surface area contributed by atoms with Gasteiger partial charge in [0, 0.05) is 6.07 Å². The predicted molar refractivity (Wildman–Crippen MR) is 77.8 cm³/mol. The highest BCUT2D eigenvalue weighted by atomic mass is 79.9. The van der Waals surface area contributed by atoms with E-state index in [4.69, 9.17) is 5.73 Å². The Bertz CT molecular complexity index is 827. The number of aryl methyl sites for hydroxylation is 1. The number of nitrogens with zero attached hydrogens (tertiary/aromatic N) is 2. The standard InChI is InChI=1S/C14H10BrF2N3/c1-7-2-3-9(16)12(4-7)20-13-6-10(17)8(15)5-11(13)19-14(20)18/h2-6H,1H3,(H2,18,19). The van der Waals surface area contributed by atoms with Crippen molar-refractivity contribution in [1.82, 2.24) is 9.55 Å². The lowest BCUT2D eigenvalue weighted by molar-refractivity contribution is 0.616. The van der Waals surface area contributed by atoms with Crippen molar-refractivity contribution in [3.63, 3.8) is 0 Å². The molecule has 2 aromatic carbocycles. The van der Waals surface area contributed by atoms with Crippen molar-refractivity contribution in [2.75, 3.05) is 5.73 Å². The van der Waals surface area contributed by atoms with Gasteiger partial charge in [-0.25, -0.2) is 13.8 Å². The fourth-order valence-corrected chi connectivity index (χ4v) is 2.47. The lowest BCUT2D eigenvalue weighted by atomic mass is 10.2. The Labute approximate surface area is 122 Å². The number of imidazole rings is 1. The van der Waals surface area contributed by atoms with Crippen LogP contribution in [-0.2, 0) is 0 Å². The van der Waals surface area contributed by atoms with Gasteiger partial charge in [0.25, 0.3) is 0 Å². The molecule has 0 fully saturated rings. The number of halogens is 3. The van der Waals surface area contributed by atoms with Crippen LogP contribution in [0.25, 0.3) is 16.7 Å². The molecular weight excluding hydrogens is 328 g/mol. The predicted octanol–water partition coefficient (Wildman–Crippen LogP) is 3.96. The Balaban J connectivity index is 2.38.